The van der Waals surface area contributed by atoms with Crippen LogP contribution in [-0.4, -0.2) is 15.8 Å². The Morgan fingerprint density at radius 3 is 2.59 bits per heavy atom. The zero-order chi connectivity index (χ0) is 19.2. The molecule has 0 spiro atoms. The van der Waals surface area contributed by atoms with Gasteiger partial charge in [0.2, 0.25) is 0 Å². The van der Waals surface area contributed by atoms with E-state index in [2.05, 4.69) is 10.3 Å². The molecule has 27 heavy (non-hydrogen) atoms. The molecule has 0 radical (unpaired) electrons. The fourth-order valence-corrected chi connectivity index (χ4v) is 3.07. The average molecular weight is 383 g/mol. The molecule has 138 valence electrons. The molecule has 3 aromatic rings. The predicted octanol–water partition coefficient (Wildman–Crippen LogP) is 4.12. The molecular weight excluding hydrogens is 366 g/mol. The number of ether oxygens (including phenoxy) is 1. The van der Waals surface area contributed by atoms with E-state index in [1.807, 2.05) is 37.3 Å². The number of nitrogens with one attached hydrogen (secondary N) is 1. The molecule has 1 heterocycles. The van der Waals surface area contributed by atoms with Crippen molar-refractivity contribution in [1.82, 2.24) is 10.3 Å². The lowest BCUT2D eigenvalue weighted by molar-refractivity contribution is -0.384. The van der Waals surface area contributed by atoms with Crippen LogP contribution < -0.4 is 10.1 Å². The molecule has 0 aliphatic heterocycles. The van der Waals surface area contributed by atoms with Gasteiger partial charge in [-0.05, 0) is 24.6 Å². The molecule has 0 saturated heterocycles. The van der Waals surface area contributed by atoms with Crippen molar-refractivity contribution >= 4 is 22.9 Å². The van der Waals surface area contributed by atoms with E-state index < -0.39 is 4.92 Å². The SMILES string of the molecule is C[C@@H](NC(=O)c1csc(COc2ccc([N+](=O)[O-])cc2)n1)c1ccccc1. The van der Waals surface area contributed by atoms with Gasteiger partial charge in [-0.1, -0.05) is 30.3 Å². The van der Waals surface area contributed by atoms with Crippen molar-refractivity contribution in [2.24, 2.45) is 0 Å². The van der Waals surface area contributed by atoms with Crippen LogP contribution in [0.1, 0.15) is 34.0 Å². The zero-order valence-corrected chi connectivity index (χ0v) is 15.3. The van der Waals surface area contributed by atoms with Crippen molar-refractivity contribution in [3.05, 3.63) is 86.4 Å². The summed E-state index contributed by atoms with van der Waals surface area (Å²) in [4.78, 5) is 26.8. The number of benzene rings is 2. The van der Waals surface area contributed by atoms with E-state index in [1.165, 1.54) is 35.6 Å². The summed E-state index contributed by atoms with van der Waals surface area (Å²) in [6, 6.07) is 15.4. The average Bonchev–Trinajstić information content (AvgIpc) is 3.16. The Morgan fingerprint density at radius 2 is 1.93 bits per heavy atom. The minimum Gasteiger partial charge on any atom is -0.486 e. The highest BCUT2D eigenvalue weighted by Crippen LogP contribution is 2.20. The molecule has 0 saturated carbocycles. The van der Waals surface area contributed by atoms with Crippen LogP contribution in [0.3, 0.4) is 0 Å². The first-order chi connectivity index (χ1) is 13.0. The topological polar surface area (TPSA) is 94.4 Å². The van der Waals surface area contributed by atoms with Crippen molar-refractivity contribution in [3.63, 3.8) is 0 Å². The second kappa shape index (κ2) is 8.41. The molecule has 2 aromatic carbocycles. The van der Waals surface area contributed by atoms with Crippen LogP contribution in [0.5, 0.6) is 5.75 Å². The van der Waals surface area contributed by atoms with Gasteiger partial charge in [0.25, 0.3) is 11.6 Å². The van der Waals surface area contributed by atoms with Gasteiger partial charge in [0.1, 0.15) is 23.1 Å². The zero-order valence-electron chi connectivity index (χ0n) is 14.5. The quantitative estimate of drug-likeness (QED) is 0.489. The molecule has 3 rings (SSSR count). The highest BCUT2D eigenvalue weighted by Gasteiger charge is 2.15. The van der Waals surface area contributed by atoms with Gasteiger partial charge in [-0.25, -0.2) is 4.98 Å². The Labute approximate surface area is 159 Å². The molecule has 0 unspecified atom stereocenters. The Balaban J connectivity index is 1.56. The third kappa shape index (κ3) is 4.89. The molecule has 1 aromatic heterocycles. The van der Waals surface area contributed by atoms with Crippen LogP contribution >= 0.6 is 11.3 Å². The normalized spacial score (nSPS) is 11.6. The summed E-state index contributed by atoms with van der Waals surface area (Å²) in [6.07, 6.45) is 0. The molecule has 8 heteroatoms. The number of amides is 1. The third-order valence-electron chi connectivity index (χ3n) is 3.84. The summed E-state index contributed by atoms with van der Waals surface area (Å²) in [6.45, 7) is 2.10. The lowest BCUT2D eigenvalue weighted by Crippen LogP contribution is -2.26. The van der Waals surface area contributed by atoms with Gasteiger partial charge in [-0.15, -0.1) is 11.3 Å². The standard InChI is InChI=1S/C19H17N3O4S/c1-13(14-5-3-2-4-6-14)20-19(23)17-12-27-18(21-17)11-26-16-9-7-15(8-10-16)22(24)25/h2-10,12-13H,11H2,1H3,(H,20,23)/t13-/m1/s1. The van der Waals surface area contributed by atoms with Crippen molar-refractivity contribution in [2.75, 3.05) is 0 Å². The molecule has 1 amide bonds. The maximum Gasteiger partial charge on any atom is 0.271 e. The number of nitro benzene ring substituents is 1. The summed E-state index contributed by atoms with van der Waals surface area (Å²) in [5, 5.41) is 15.9. The van der Waals surface area contributed by atoms with E-state index >= 15 is 0 Å². The Morgan fingerprint density at radius 1 is 1.22 bits per heavy atom. The number of nitrogens with zero attached hydrogens (tertiary/aromatic N) is 2. The number of non-ortho nitro benzene ring substituents is 1. The van der Waals surface area contributed by atoms with Crippen LogP contribution in [0.25, 0.3) is 0 Å². The van der Waals surface area contributed by atoms with Crippen LogP contribution in [0.2, 0.25) is 0 Å². The summed E-state index contributed by atoms with van der Waals surface area (Å²) in [7, 11) is 0. The number of thiazole rings is 1. The van der Waals surface area contributed by atoms with Gasteiger partial charge in [0.05, 0.1) is 11.0 Å². The minimum absolute atomic E-state index is 0.00286. The highest BCUT2D eigenvalue weighted by molar-refractivity contribution is 7.09. The summed E-state index contributed by atoms with van der Waals surface area (Å²) < 4.78 is 5.56. The first kappa shape index (κ1) is 18.5. The minimum atomic E-state index is -0.466. The summed E-state index contributed by atoms with van der Waals surface area (Å²) in [5.41, 5.74) is 1.36. The van der Waals surface area contributed by atoms with E-state index in [0.29, 0.717) is 16.5 Å². The monoisotopic (exact) mass is 383 g/mol. The summed E-state index contributed by atoms with van der Waals surface area (Å²) in [5.74, 6) is 0.253. The van der Waals surface area contributed by atoms with E-state index in [0.717, 1.165) is 5.56 Å². The number of nitro groups is 1. The van der Waals surface area contributed by atoms with Crippen LogP contribution in [0.15, 0.2) is 60.0 Å². The molecule has 0 aliphatic carbocycles. The Bertz CT molecular complexity index is 926. The van der Waals surface area contributed by atoms with Crippen molar-refractivity contribution in [2.45, 2.75) is 19.6 Å². The second-order valence-electron chi connectivity index (χ2n) is 5.77. The van der Waals surface area contributed by atoms with Gasteiger partial charge in [-0.2, -0.15) is 0 Å². The van der Waals surface area contributed by atoms with E-state index in [-0.39, 0.29) is 24.2 Å². The van der Waals surface area contributed by atoms with E-state index in [9.17, 15) is 14.9 Å². The predicted molar refractivity (Wildman–Crippen MR) is 102 cm³/mol. The lowest BCUT2D eigenvalue weighted by atomic mass is 10.1. The smallest absolute Gasteiger partial charge is 0.271 e. The first-order valence-corrected chi connectivity index (χ1v) is 9.08. The van der Waals surface area contributed by atoms with Gasteiger partial charge < -0.3 is 10.1 Å². The van der Waals surface area contributed by atoms with Crippen molar-refractivity contribution < 1.29 is 14.5 Å². The number of rotatable bonds is 7. The fraction of sp³-hybridized carbons (Fsp3) is 0.158. The van der Waals surface area contributed by atoms with E-state index in [4.69, 9.17) is 4.74 Å². The number of aromatic nitrogens is 1. The molecule has 1 atom stereocenters. The van der Waals surface area contributed by atoms with E-state index in [1.54, 1.807) is 5.38 Å². The number of hydrogen-bond donors (Lipinski definition) is 1. The second-order valence-corrected chi connectivity index (χ2v) is 6.71. The molecule has 0 aliphatic rings. The number of carbonyl (C=O) groups is 1. The maximum absolute atomic E-state index is 12.3. The third-order valence-corrected chi connectivity index (χ3v) is 4.66. The van der Waals surface area contributed by atoms with Gasteiger partial charge in [0, 0.05) is 17.5 Å². The fourth-order valence-electron chi connectivity index (χ4n) is 2.39. The largest absolute Gasteiger partial charge is 0.486 e. The lowest BCUT2D eigenvalue weighted by Gasteiger charge is -2.13. The van der Waals surface area contributed by atoms with Gasteiger partial charge in [0.15, 0.2) is 0 Å². The van der Waals surface area contributed by atoms with Crippen molar-refractivity contribution in [1.29, 1.82) is 0 Å². The molecule has 7 nitrogen and oxygen atoms in total. The van der Waals surface area contributed by atoms with Gasteiger partial charge in [-0.3, -0.25) is 14.9 Å². The molecule has 0 bridgehead atoms. The number of carbonyl (C=O) groups excluding carboxylic acids is 1. The number of hydrogen-bond acceptors (Lipinski definition) is 6. The molecular formula is C19H17N3O4S. The van der Waals surface area contributed by atoms with Gasteiger partial charge >= 0.3 is 0 Å². The van der Waals surface area contributed by atoms with Crippen molar-refractivity contribution in [3.8, 4) is 5.75 Å². The molecule has 1 N–H and O–H groups in total. The first-order valence-electron chi connectivity index (χ1n) is 8.20. The van der Waals surface area contributed by atoms with Crippen LogP contribution in [0.4, 0.5) is 5.69 Å². The summed E-state index contributed by atoms with van der Waals surface area (Å²) >= 11 is 1.32. The molecule has 0 fully saturated rings. The highest BCUT2D eigenvalue weighted by atomic mass is 32.1. The van der Waals surface area contributed by atoms with Crippen LogP contribution in [-0.2, 0) is 6.61 Å². The van der Waals surface area contributed by atoms with Crippen LogP contribution in [0, 0.1) is 10.1 Å². The Kier molecular flexibility index (Phi) is 5.77. The maximum atomic E-state index is 12.3. The Hall–Kier alpha value is -3.26.